The Balaban J connectivity index is 1.98. The van der Waals surface area contributed by atoms with Gasteiger partial charge in [-0.2, -0.15) is 0 Å². The monoisotopic (exact) mass is 264 g/mol. The number of nitrogens with two attached hydrogens (primary N) is 1. The highest BCUT2D eigenvalue weighted by molar-refractivity contribution is 6.30. The zero-order valence-corrected chi connectivity index (χ0v) is 10.3. The number of anilines is 1. The number of hydrogen-bond acceptors (Lipinski definition) is 4. The third-order valence-corrected chi connectivity index (χ3v) is 2.59. The smallest absolute Gasteiger partial charge is 0.139 e. The number of nitrogen functional groups attached to an aromatic ring is 1. The lowest BCUT2D eigenvalue weighted by molar-refractivity contribution is 0.108. The van der Waals surface area contributed by atoms with Crippen LogP contribution in [0.25, 0.3) is 0 Å². The van der Waals surface area contributed by atoms with Crippen molar-refractivity contribution in [1.29, 1.82) is 0 Å². The van der Waals surface area contributed by atoms with Crippen LogP contribution in [-0.2, 0) is 0 Å². The van der Waals surface area contributed by atoms with E-state index < -0.39 is 6.10 Å². The van der Waals surface area contributed by atoms with Gasteiger partial charge in [0.25, 0.3) is 0 Å². The Hall–Kier alpha value is -1.78. The van der Waals surface area contributed by atoms with Crippen molar-refractivity contribution in [1.82, 2.24) is 4.98 Å². The average Bonchev–Trinajstić information content (AvgIpc) is 2.36. The van der Waals surface area contributed by atoms with Crippen LogP contribution in [0.2, 0.25) is 5.02 Å². The lowest BCUT2D eigenvalue weighted by Crippen LogP contribution is -2.10. The first kappa shape index (κ1) is 12.7. The van der Waals surface area contributed by atoms with Crippen LogP contribution < -0.4 is 10.5 Å². The molecule has 1 heterocycles. The molecule has 0 amide bonds. The first-order chi connectivity index (χ1) is 8.65. The molecule has 18 heavy (non-hydrogen) atoms. The molecule has 5 heteroatoms. The van der Waals surface area contributed by atoms with E-state index in [-0.39, 0.29) is 6.61 Å². The zero-order valence-electron chi connectivity index (χ0n) is 9.58. The number of aliphatic hydroxyl groups excluding tert-OH is 1. The van der Waals surface area contributed by atoms with Gasteiger partial charge in [-0.15, -0.1) is 0 Å². The number of ether oxygens (including phenoxy) is 1. The summed E-state index contributed by atoms with van der Waals surface area (Å²) in [5.41, 5.74) is 6.96. The molecular formula is C13H13ClN2O2. The Bertz CT molecular complexity index is 534. The van der Waals surface area contributed by atoms with Gasteiger partial charge in [-0.1, -0.05) is 23.7 Å². The first-order valence-corrected chi connectivity index (χ1v) is 5.80. The predicted octanol–water partition coefficient (Wildman–Crippen LogP) is 2.43. The number of pyridine rings is 1. The third-order valence-electron chi connectivity index (χ3n) is 2.38. The minimum Gasteiger partial charge on any atom is -0.489 e. The van der Waals surface area contributed by atoms with E-state index >= 15 is 0 Å². The molecule has 2 rings (SSSR count). The highest BCUT2D eigenvalue weighted by Gasteiger charge is 2.08. The average molecular weight is 265 g/mol. The topological polar surface area (TPSA) is 68.4 Å². The molecule has 0 saturated carbocycles. The molecule has 0 aliphatic carbocycles. The number of aliphatic hydroxyl groups is 1. The second kappa shape index (κ2) is 5.71. The van der Waals surface area contributed by atoms with Crippen molar-refractivity contribution in [2.24, 2.45) is 0 Å². The van der Waals surface area contributed by atoms with Crippen molar-refractivity contribution in [2.45, 2.75) is 6.10 Å². The Morgan fingerprint density at radius 2 is 2.17 bits per heavy atom. The molecular weight excluding hydrogens is 252 g/mol. The SMILES string of the molecule is Nc1cccc(C(O)COc2cncc(Cl)c2)c1. The number of hydrogen-bond donors (Lipinski definition) is 2. The van der Waals surface area contributed by atoms with Crippen molar-refractivity contribution < 1.29 is 9.84 Å². The highest BCUT2D eigenvalue weighted by Crippen LogP contribution is 2.19. The molecule has 0 aliphatic heterocycles. The van der Waals surface area contributed by atoms with E-state index in [1.54, 1.807) is 30.3 Å². The Morgan fingerprint density at radius 1 is 1.33 bits per heavy atom. The van der Waals surface area contributed by atoms with Gasteiger partial charge >= 0.3 is 0 Å². The number of halogens is 1. The van der Waals surface area contributed by atoms with Crippen molar-refractivity contribution >= 4 is 17.3 Å². The molecule has 1 atom stereocenters. The number of benzene rings is 1. The van der Waals surface area contributed by atoms with Gasteiger partial charge in [-0.25, -0.2) is 0 Å². The second-order valence-corrected chi connectivity index (χ2v) is 4.27. The van der Waals surface area contributed by atoms with Crippen LogP contribution >= 0.6 is 11.6 Å². The van der Waals surface area contributed by atoms with Crippen molar-refractivity contribution in [2.75, 3.05) is 12.3 Å². The highest BCUT2D eigenvalue weighted by atomic mass is 35.5. The van der Waals surface area contributed by atoms with E-state index in [0.29, 0.717) is 22.0 Å². The second-order valence-electron chi connectivity index (χ2n) is 3.84. The number of nitrogens with zero attached hydrogens (tertiary/aromatic N) is 1. The lowest BCUT2D eigenvalue weighted by atomic mass is 10.1. The van der Waals surface area contributed by atoms with Crippen molar-refractivity contribution in [3.8, 4) is 5.75 Å². The van der Waals surface area contributed by atoms with Gasteiger partial charge in [0.05, 0.1) is 11.2 Å². The molecule has 1 aromatic heterocycles. The molecule has 0 aliphatic rings. The van der Waals surface area contributed by atoms with Gasteiger partial charge in [0.15, 0.2) is 0 Å². The van der Waals surface area contributed by atoms with Gasteiger partial charge in [0.2, 0.25) is 0 Å². The fraction of sp³-hybridized carbons (Fsp3) is 0.154. The van der Waals surface area contributed by atoms with Crippen LogP contribution in [0.3, 0.4) is 0 Å². The van der Waals surface area contributed by atoms with E-state index in [9.17, 15) is 5.11 Å². The van der Waals surface area contributed by atoms with Crippen molar-refractivity contribution in [3.63, 3.8) is 0 Å². The van der Waals surface area contributed by atoms with Gasteiger partial charge in [-0.3, -0.25) is 4.98 Å². The number of aromatic nitrogens is 1. The Labute approximate surface area is 110 Å². The molecule has 0 fully saturated rings. The van der Waals surface area contributed by atoms with E-state index in [0.717, 1.165) is 0 Å². The maximum atomic E-state index is 9.94. The van der Waals surface area contributed by atoms with Crippen LogP contribution in [0.5, 0.6) is 5.75 Å². The fourth-order valence-electron chi connectivity index (χ4n) is 1.51. The third kappa shape index (κ3) is 3.35. The lowest BCUT2D eigenvalue weighted by Gasteiger charge is -2.13. The predicted molar refractivity (Wildman–Crippen MR) is 70.6 cm³/mol. The molecule has 94 valence electrons. The largest absolute Gasteiger partial charge is 0.489 e. The van der Waals surface area contributed by atoms with E-state index in [1.165, 1.54) is 12.4 Å². The summed E-state index contributed by atoms with van der Waals surface area (Å²) >= 11 is 5.78. The normalized spacial score (nSPS) is 12.1. The Kier molecular flexibility index (Phi) is 4.02. The number of rotatable bonds is 4. The van der Waals surface area contributed by atoms with E-state index in [1.807, 2.05) is 0 Å². The molecule has 2 aromatic rings. The van der Waals surface area contributed by atoms with Crippen LogP contribution in [-0.4, -0.2) is 16.7 Å². The summed E-state index contributed by atoms with van der Waals surface area (Å²) in [5.74, 6) is 0.519. The summed E-state index contributed by atoms with van der Waals surface area (Å²) in [6.07, 6.45) is 2.31. The molecule has 1 unspecified atom stereocenters. The molecule has 0 saturated heterocycles. The summed E-state index contributed by atoms with van der Waals surface area (Å²) in [6, 6.07) is 8.69. The van der Waals surface area contributed by atoms with Gasteiger partial charge < -0.3 is 15.6 Å². The minimum atomic E-state index is -0.743. The minimum absolute atomic E-state index is 0.117. The van der Waals surface area contributed by atoms with E-state index in [4.69, 9.17) is 22.1 Å². The maximum Gasteiger partial charge on any atom is 0.139 e. The maximum absolute atomic E-state index is 9.94. The summed E-state index contributed by atoms with van der Waals surface area (Å²) in [5, 5.41) is 10.4. The summed E-state index contributed by atoms with van der Waals surface area (Å²) < 4.78 is 5.41. The van der Waals surface area contributed by atoms with Gasteiger partial charge in [-0.05, 0) is 17.7 Å². The van der Waals surface area contributed by atoms with Crippen LogP contribution in [0, 0.1) is 0 Å². The molecule has 3 N–H and O–H groups in total. The summed E-state index contributed by atoms with van der Waals surface area (Å²) in [7, 11) is 0. The summed E-state index contributed by atoms with van der Waals surface area (Å²) in [6.45, 7) is 0.117. The van der Waals surface area contributed by atoms with Gasteiger partial charge in [0, 0.05) is 18.0 Å². The van der Waals surface area contributed by atoms with Crippen molar-refractivity contribution in [3.05, 3.63) is 53.3 Å². The van der Waals surface area contributed by atoms with Crippen LogP contribution in [0.4, 0.5) is 5.69 Å². The Morgan fingerprint density at radius 3 is 2.89 bits per heavy atom. The molecule has 0 radical (unpaired) electrons. The quantitative estimate of drug-likeness (QED) is 0.833. The standard InChI is InChI=1S/C13H13ClN2O2/c14-10-5-12(7-16-6-10)18-8-13(17)9-2-1-3-11(15)4-9/h1-7,13,17H,8,15H2. The van der Waals surface area contributed by atoms with E-state index in [2.05, 4.69) is 4.98 Å². The molecule has 4 nitrogen and oxygen atoms in total. The summed E-state index contributed by atoms with van der Waals surface area (Å²) in [4.78, 5) is 3.89. The van der Waals surface area contributed by atoms with Crippen LogP contribution in [0.15, 0.2) is 42.7 Å². The molecule has 0 spiro atoms. The molecule has 1 aromatic carbocycles. The van der Waals surface area contributed by atoms with Gasteiger partial charge in [0.1, 0.15) is 18.5 Å². The molecule has 0 bridgehead atoms. The fourth-order valence-corrected chi connectivity index (χ4v) is 1.67. The van der Waals surface area contributed by atoms with Crippen LogP contribution in [0.1, 0.15) is 11.7 Å². The first-order valence-electron chi connectivity index (χ1n) is 5.42. The zero-order chi connectivity index (χ0) is 13.0.